The summed E-state index contributed by atoms with van der Waals surface area (Å²) in [5, 5.41) is 10.5. The number of aliphatic hydroxyl groups excluding tert-OH is 1. The van der Waals surface area contributed by atoms with Gasteiger partial charge in [-0.3, -0.25) is 4.98 Å². The van der Waals surface area contributed by atoms with Crippen molar-refractivity contribution in [1.29, 1.82) is 0 Å². The summed E-state index contributed by atoms with van der Waals surface area (Å²) in [4.78, 5) is 3.98. The fraction of sp³-hybridized carbons (Fsp3) is 0.250. The van der Waals surface area contributed by atoms with E-state index in [0.29, 0.717) is 6.54 Å². The Balaban J connectivity index is 2.31. The van der Waals surface area contributed by atoms with Gasteiger partial charge in [0.15, 0.2) is 0 Å². The standard InChI is InChI=1S/C12H12Br2N2OS/c13-10-5-8(12(14)18-10)11(17)9(6-15)7-1-3-16-4-2-7/h1-5,9,11,17H,6,15H2. The second kappa shape index (κ2) is 6.25. The summed E-state index contributed by atoms with van der Waals surface area (Å²) in [6, 6.07) is 5.69. The minimum Gasteiger partial charge on any atom is -0.388 e. The molecular formula is C12H12Br2N2OS. The molecule has 0 aliphatic heterocycles. The lowest BCUT2D eigenvalue weighted by molar-refractivity contribution is 0.147. The van der Waals surface area contributed by atoms with Crippen molar-refractivity contribution in [1.82, 2.24) is 4.98 Å². The molecule has 0 aromatic carbocycles. The Morgan fingerprint density at radius 3 is 2.50 bits per heavy atom. The summed E-state index contributed by atoms with van der Waals surface area (Å²) in [5.41, 5.74) is 7.65. The maximum Gasteiger partial charge on any atom is 0.0890 e. The quantitative estimate of drug-likeness (QED) is 0.839. The van der Waals surface area contributed by atoms with Crippen LogP contribution in [-0.4, -0.2) is 16.6 Å². The molecule has 0 amide bonds. The van der Waals surface area contributed by atoms with Crippen molar-refractivity contribution in [2.45, 2.75) is 12.0 Å². The summed E-state index contributed by atoms with van der Waals surface area (Å²) >= 11 is 8.42. The van der Waals surface area contributed by atoms with Crippen molar-refractivity contribution < 1.29 is 5.11 Å². The van der Waals surface area contributed by atoms with Gasteiger partial charge in [0.25, 0.3) is 0 Å². The second-order valence-electron chi connectivity index (χ2n) is 3.85. The molecule has 2 unspecified atom stereocenters. The van der Waals surface area contributed by atoms with Crippen LogP contribution in [0.4, 0.5) is 0 Å². The minimum atomic E-state index is -0.630. The molecule has 0 fully saturated rings. The first-order valence-electron chi connectivity index (χ1n) is 5.36. The van der Waals surface area contributed by atoms with Crippen LogP contribution in [-0.2, 0) is 0 Å². The van der Waals surface area contributed by atoms with Gasteiger partial charge in [0.1, 0.15) is 0 Å². The molecule has 0 aliphatic rings. The highest BCUT2D eigenvalue weighted by atomic mass is 79.9. The first-order chi connectivity index (χ1) is 8.63. The van der Waals surface area contributed by atoms with Crippen LogP contribution in [0.3, 0.4) is 0 Å². The second-order valence-corrected chi connectivity index (χ2v) is 7.60. The Morgan fingerprint density at radius 1 is 1.33 bits per heavy atom. The summed E-state index contributed by atoms with van der Waals surface area (Å²) in [7, 11) is 0. The summed E-state index contributed by atoms with van der Waals surface area (Å²) in [6.07, 6.45) is 2.79. The molecule has 6 heteroatoms. The van der Waals surface area contributed by atoms with Crippen LogP contribution in [0, 0.1) is 0 Å². The molecule has 0 saturated heterocycles. The predicted octanol–water partition coefficient (Wildman–Crippen LogP) is 3.44. The van der Waals surface area contributed by atoms with Crippen molar-refractivity contribution in [2.75, 3.05) is 6.54 Å². The van der Waals surface area contributed by atoms with E-state index in [2.05, 4.69) is 36.8 Å². The van der Waals surface area contributed by atoms with E-state index in [-0.39, 0.29) is 5.92 Å². The molecule has 3 nitrogen and oxygen atoms in total. The molecule has 3 N–H and O–H groups in total. The molecule has 0 saturated carbocycles. The lowest BCUT2D eigenvalue weighted by atomic mass is 9.91. The SMILES string of the molecule is NCC(c1ccncc1)C(O)c1cc(Br)sc1Br. The number of hydrogen-bond acceptors (Lipinski definition) is 4. The Labute approximate surface area is 126 Å². The van der Waals surface area contributed by atoms with Crippen molar-refractivity contribution in [3.8, 4) is 0 Å². The zero-order chi connectivity index (χ0) is 13.1. The molecule has 2 aromatic heterocycles. The molecule has 18 heavy (non-hydrogen) atoms. The van der Waals surface area contributed by atoms with E-state index in [1.165, 1.54) is 0 Å². The number of thiophene rings is 1. The summed E-state index contributed by atoms with van der Waals surface area (Å²) in [5.74, 6) is -0.134. The number of halogens is 2. The van der Waals surface area contributed by atoms with Gasteiger partial charge < -0.3 is 10.8 Å². The first kappa shape index (κ1) is 14.1. The Morgan fingerprint density at radius 2 is 2.00 bits per heavy atom. The number of pyridine rings is 1. The average molecular weight is 392 g/mol. The van der Waals surface area contributed by atoms with Gasteiger partial charge in [-0.25, -0.2) is 0 Å². The topological polar surface area (TPSA) is 59.1 Å². The molecule has 0 spiro atoms. The first-order valence-corrected chi connectivity index (χ1v) is 7.76. The van der Waals surface area contributed by atoms with E-state index in [9.17, 15) is 5.11 Å². The van der Waals surface area contributed by atoms with Gasteiger partial charge in [-0.2, -0.15) is 0 Å². The highest BCUT2D eigenvalue weighted by Crippen LogP contribution is 2.40. The fourth-order valence-corrected chi connectivity index (χ4v) is 4.74. The van der Waals surface area contributed by atoms with Gasteiger partial charge >= 0.3 is 0 Å². The van der Waals surface area contributed by atoms with Crippen LogP contribution in [0.25, 0.3) is 0 Å². The van der Waals surface area contributed by atoms with E-state index in [4.69, 9.17) is 5.73 Å². The lowest BCUT2D eigenvalue weighted by Gasteiger charge is -2.21. The summed E-state index contributed by atoms with van der Waals surface area (Å²) < 4.78 is 1.91. The molecular weight excluding hydrogens is 380 g/mol. The Bertz CT molecular complexity index is 518. The number of aliphatic hydroxyl groups is 1. The van der Waals surface area contributed by atoms with E-state index >= 15 is 0 Å². The largest absolute Gasteiger partial charge is 0.388 e. The lowest BCUT2D eigenvalue weighted by Crippen LogP contribution is -2.20. The van der Waals surface area contributed by atoms with Crippen molar-refractivity contribution in [3.63, 3.8) is 0 Å². The number of nitrogens with zero attached hydrogens (tertiary/aromatic N) is 1. The monoisotopic (exact) mass is 390 g/mol. The molecule has 2 atom stereocenters. The van der Waals surface area contributed by atoms with Gasteiger partial charge in [-0.15, -0.1) is 11.3 Å². The van der Waals surface area contributed by atoms with Crippen LogP contribution in [0.15, 0.2) is 38.2 Å². The van der Waals surface area contributed by atoms with E-state index in [1.807, 2.05) is 18.2 Å². The van der Waals surface area contributed by atoms with Crippen molar-refractivity contribution in [3.05, 3.63) is 49.3 Å². The number of aromatic nitrogens is 1. The molecule has 0 aliphatic carbocycles. The number of hydrogen-bond donors (Lipinski definition) is 2. The summed E-state index contributed by atoms with van der Waals surface area (Å²) in [6.45, 7) is 0.380. The van der Waals surface area contributed by atoms with Crippen LogP contribution in [0.1, 0.15) is 23.1 Å². The Hall–Kier alpha value is -0.270. The van der Waals surface area contributed by atoms with Crippen molar-refractivity contribution in [2.24, 2.45) is 5.73 Å². The number of nitrogens with two attached hydrogens (primary N) is 1. The molecule has 0 radical (unpaired) electrons. The molecule has 2 aromatic rings. The maximum absolute atomic E-state index is 10.5. The van der Waals surface area contributed by atoms with Gasteiger partial charge in [0.05, 0.1) is 13.7 Å². The molecule has 0 bridgehead atoms. The van der Waals surface area contributed by atoms with Gasteiger partial charge in [0, 0.05) is 30.4 Å². The highest BCUT2D eigenvalue weighted by molar-refractivity contribution is 9.12. The smallest absolute Gasteiger partial charge is 0.0890 e. The van der Waals surface area contributed by atoms with Crippen molar-refractivity contribution >= 4 is 43.2 Å². The predicted molar refractivity (Wildman–Crippen MR) is 80.7 cm³/mol. The molecule has 2 rings (SSSR count). The zero-order valence-corrected chi connectivity index (χ0v) is 13.4. The van der Waals surface area contributed by atoms with Gasteiger partial charge in [-0.1, -0.05) is 0 Å². The minimum absolute atomic E-state index is 0.134. The highest BCUT2D eigenvalue weighted by Gasteiger charge is 2.24. The average Bonchev–Trinajstić information content (AvgIpc) is 2.70. The number of rotatable bonds is 4. The van der Waals surface area contributed by atoms with E-state index in [0.717, 1.165) is 18.7 Å². The van der Waals surface area contributed by atoms with Crippen LogP contribution in [0.2, 0.25) is 0 Å². The van der Waals surface area contributed by atoms with Crippen LogP contribution in [0.5, 0.6) is 0 Å². The van der Waals surface area contributed by atoms with Crippen LogP contribution >= 0.6 is 43.2 Å². The van der Waals surface area contributed by atoms with Gasteiger partial charge in [-0.05, 0) is 55.6 Å². The van der Waals surface area contributed by atoms with E-state index < -0.39 is 6.10 Å². The fourth-order valence-electron chi connectivity index (χ4n) is 1.83. The maximum atomic E-state index is 10.5. The third-order valence-corrected chi connectivity index (χ3v) is 5.16. The molecule has 2 heterocycles. The van der Waals surface area contributed by atoms with E-state index in [1.54, 1.807) is 23.7 Å². The Kier molecular flexibility index (Phi) is 4.91. The zero-order valence-electron chi connectivity index (χ0n) is 9.38. The normalized spacial score (nSPS) is 14.4. The molecule has 96 valence electrons. The third-order valence-electron chi connectivity index (χ3n) is 2.77. The van der Waals surface area contributed by atoms with Gasteiger partial charge in [0.2, 0.25) is 0 Å². The van der Waals surface area contributed by atoms with Crippen LogP contribution < -0.4 is 5.73 Å². The third kappa shape index (κ3) is 3.00.